The molecule has 1 unspecified atom stereocenters. The van der Waals surface area contributed by atoms with Gasteiger partial charge in [-0.2, -0.15) is 0 Å². The number of hydrogen-bond donors (Lipinski definition) is 3. The number of likely N-dealkylation sites (N-methyl/N-ethyl adjacent to an activating group) is 1. The summed E-state index contributed by atoms with van der Waals surface area (Å²) in [4.78, 5) is 31.8. The third kappa shape index (κ3) is 5.24. The molecule has 0 saturated carbocycles. The Morgan fingerprint density at radius 2 is 1.84 bits per heavy atom. The van der Waals surface area contributed by atoms with E-state index in [2.05, 4.69) is 5.32 Å². The first-order valence-corrected chi connectivity index (χ1v) is 19.7. The number of aromatic hydroxyl groups is 1. The van der Waals surface area contributed by atoms with Gasteiger partial charge in [0, 0.05) is 64.9 Å². The van der Waals surface area contributed by atoms with Gasteiger partial charge < -0.3 is 48.0 Å². The first-order valence-electron chi connectivity index (χ1n) is 18.7. The third-order valence-corrected chi connectivity index (χ3v) is 13.5. The molecule has 0 aliphatic carbocycles. The normalized spacial score (nSPS) is 26.6. The Kier molecular flexibility index (Phi) is 8.89. The first kappa shape index (κ1) is 36.9. The van der Waals surface area contributed by atoms with Crippen molar-refractivity contribution in [3.05, 3.63) is 69.0 Å². The minimum atomic E-state index is -1.41. The van der Waals surface area contributed by atoms with E-state index < -0.39 is 47.1 Å². The van der Waals surface area contributed by atoms with Crippen molar-refractivity contribution in [3.8, 4) is 34.5 Å². The van der Waals surface area contributed by atoms with Gasteiger partial charge in [-0.3, -0.25) is 15.0 Å². The molecule has 10 rings (SSSR count). The van der Waals surface area contributed by atoms with Crippen LogP contribution >= 0.6 is 11.8 Å². The molecule has 1 aromatic heterocycles. The highest BCUT2D eigenvalue weighted by Gasteiger charge is 2.58. The summed E-state index contributed by atoms with van der Waals surface area (Å²) < 4.78 is 42.7. The van der Waals surface area contributed by atoms with Gasteiger partial charge in [-0.1, -0.05) is 6.07 Å². The summed E-state index contributed by atoms with van der Waals surface area (Å²) >= 11 is 1.47. The Labute approximate surface area is 327 Å². The SMILES string of the molecule is COc1ccc2oc3c(c2c1)CCN[C@]31CS[C@@H]2c3c(OC(C)=O)c(C)c4c(c3[C@H](COC1=O)N1C2[C@@H](N(C)C)c2c(cc(C)c(OC)c2O)C[C@@H]1O)OCO4. The maximum absolute atomic E-state index is 14.8. The molecular weight excluding hydrogens is 743 g/mol. The Morgan fingerprint density at radius 3 is 2.57 bits per heavy atom. The standard InChI is InChI=1S/C41H45N3O11S/c1-18-12-21-13-27(46)44-25-15-51-40(48)41(39-23(10-11-42-41)24-14-22(49-6)8-9-26(24)55-39)16-56-38(32(44)31(43(4)5)28(21)33(47)34(18)50-7)30-29(25)37-36(52-17-53-37)19(2)35(30)54-20(3)45/h8-9,12,14,25,27,31-32,38,42,46-47H,10-11,13,15-17H2,1-7H3/t25-,27-,31-,32?,38+,41+/m0/s1. The van der Waals surface area contributed by atoms with Crippen molar-refractivity contribution >= 4 is 34.7 Å². The van der Waals surface area contributed by atoms with Gasteiger partial charge in [-0.15, -0.1) is 11.8 Å². The first-order chi connectivity index (χ1) is 26.9. The van der Waals surface area contributed by atoms with Gasteiger partial charge in [0.2, 0.25) is 6.79 Å². The Morgan fingerprint density at radius 1 is 1.05 bits per heavy atom. The highest BCUT2D eigenvalue weighted by molar-refractivity contribution is 7.99. The number of phenols is 1. The summed E-state index contributed by atoms with van der Waals surface area (Å²) in [5.74, 6) is 1.81. The molecule has 6 atom stereocenters. The van der Waals surface area contributed by atoms with E-state index in [0.717, 1.165) is 22.1 Å². The zero-order chi connectivity index (χ0) is 39.4. The zero-order valence-electron chi connectivity index (χ0n) is 32.3. The fraction of sp³-hybridized carbons (Fsp3) is 0.463. The molecule has 3 aromatic carbocycles. The number of furan rings is 1. The van der Waals surface area contributed by atoms with Crippen LogP contribution in [0.4, 0.5) is 0 Å². The second-order valence-electron chi connectivity index (χ2n) is 15.3. The van der Waals surface area contributed by atoms with Crippen LogP contribution in [0.25, 0.3) is 11.0 Å². The lowest BCUT2D eigenvalue weighted by atomic mass is 9.80. The van der Waals surface area contributed by atoms with E-state index in [9.17, 15) is 19.8 Å². The summed E-state index contributed by atoms with van der Waals surface area (Å²) in [7, 11) is 7.01. The molecule has 6 aliphatic heterocycles. The molecule has 2 bridgehead atoms. The second-order valence-corrected chi connectivity index (χ2v) is 16.4. The number of aliphatic hydroxyl groups is 1. The van der Waals surface area contributed by atoms with Crippen LogP contribution in [0.5, 0.6) is 34.5 Å². The van der Waals surface area contributed by atoms with Crippen molar-refractivity contribution in [2.75, 3.05) is 54.0 Å². The molecule has 4 aromatic rings. The number of aliphatic hydroxyl groups excluding tert-OH is 1. The largest absolute Gasteiger partial charge is 0.504 e. The quantitative estimate of drug-likeness (QED) is 0.193. The van der Waals surface area contributed by atoms with Crippen LogP contribution in [0.2, 0.25) is 0 Å². The topological polar surface area (TPSA) is 162 Å². The van der Waals surface area contributed by atoms with Gasteiger partial charge in [0.05, 0.1) is 31.6 Å². The predicted octanol–water partition coefficient (Wildman–Crippen LogP) is 4.70. The van der Waals surface area contributed by atoms with Crippen LogP contribution in [-0.4, -0.2) is 98.2 Å². The van der Waals surface area contributed by atoms with E-state index in [4.69, 9.17) is 32.8 Å². The van der Waals surface area contributed by atoms with Gasteiger partial charge >= 0.3 is 11.9 Å². The van der Waals surface area contributed by atoms with E-state index in [-0.39, 0.29) is 31.3 Å². The second kappa shape index (κ2) is 13.5. The fourth-order valence-electron chi connectivity index (χ4n) is 9.79. The number of ether oxygens (including phenoxy) is 6. The van der Waals surface area contributed by atoms with Crippen LogP contribution in [-0.2, 0) is 32.7 Å². The number of hydrogen-bond acceptors (Lipinski definition) is 15. The number of aryl methyl sites for hydroxylation is 1. The monoisotopic (exact) mass is 787 g/mol. The summed E-state index contributed by atoms with van der Waals surface area (Å²) in [5, 5.41) is 28.3. The van der Waals surface area contributed by atoms with Crippen LogP contribution < -0.4 is 29.0 Å². The molecule has 0 amide bonds. The van der Waals surface area contributed by atoms with Gasteiger partial charge in [0.15, 0.2) is 28.5 Å². The molecule has 3 N–H and O–H groups in total. The number of carbonyl (C=O) groups excluding carboxylic acids is 2. The average Bonchev–Trinajstić information content (AvgIpc) is 3.78. The van der Waals surface area contributed by atoms with Crippen molar-refractivity contribution in [1.29, 1.82) is 0 Å². The number of benzene rings is 3. The number of rotatable bonds is 4. The third-order valence-electron chi connectivity index (χ3n) is 12.0. The Bertz CT molecular complexity index is 2310. The number of nitrogens with one attached hydrogen (secondary N) is 1. The van der Waals surface area contributed by atoms with Gasteiger partial charge in [-0.25, -0.2) is 4.79 Å². The van der Waals surface area contributed by atoms with Crippen molar-refractivity contribution in [3.63, 3.8) is 0 Å². The van der Waals surface area contributed by atoms with Crippen LogP contribution in [0.3, 0.4) is 0 Å². The van der Waals surface area contributed by atoms with Gasteiger partial charge in [-0.05, 0) is 63.7 Å². The summed E-state index contributed by atoms with van der Waals surface area (Å²) in [6, 6.07) is 5.59. The maximum atomic E-state index is 14.8. The zero-order valence-corrected chi connectivity index (χ0v) is 33.1. The molecule has 1 spiro atoms. The van der Waals surface area contributed by atoms with Crippen molar-refractivity contribution in [2.45, 2.75) is 68.8 Å². The number of fused-ring (bicyclic) bond motifs is 8. The minimum Gasteiger partial charge on any atom is -0.504 e. The Balaban J connectivity index is 1.32. The van der Waals surface area contributed by atoms with Crippen LogP contribution in [0.1, 0.15) is 69.0 Å². The number of carbonyl (C=O) groups is 2. The van der Waals surface area contributed by atoms with Crippen LogP contribution in [0, 0.1) is 13.8 Å². The summed E-state index contributed by atoms with van der Waals surface area (Å²) in [6.07, 6.45) is -0.331. The molecule has 15 heteroatoms. The van der Waals surface area contributed by atoms with Crippen LogP contribution in [0.15, 0.2) is 28.7 Å². The van der Waals surface area contributed by atoms with E-state index in [0.29, 0.717) is 75.3 Å². The van der Waals surface area contributed by atoms with Crippen molar-refractivity contribution < 1.29 is 52.6 Å². The predicted molar refractivity (Wildman–Crippen MR) is 205 cm³/mol. The maximum Gasteiger partial charge on any atom is 0.335 e. The lowest BCUT2D eigenvalue weighted by Crippen LogP contribution is -2.60. The fourth-order valence-corrected chi connectivity index (χ4v) is 11.5. The van der Waals surface area contributed by atoms with Crippen molar-refractivity contribution in [1.82, 2.24) is 15.1 Å². The number of phenolic OH excluding ortho intramolecular Hbond substituents is 1. The molecular formula is C41H45N3O11S. The molecule has 296 valence electrons. The van der Waals surface area contributed by atoms with E-state index in [1.165, 1.54) is 25.8 Å². The smallest absolute Gasteiger partial charge is 0.335 e. The molecule has 7 heterocycles. The molecule has 14 nitrogen and oxygen atoms in total. The molecule has 6 aliphatic rings. The summed E-state index contributed by atoms with van der Waals surface area (Å²) in [5.41, 5.74) is 4.12. The molecule has 0 radical (unpaired) electrons. The molecule has 1 fully saturated rings. The molecule has 1 saturated heterocycles. The van der Waals surface area contributed by atoms with E-state index >= 15 is 0 Å². The Hall–Kier alpha value is -4.67. The highest BCUT2D eigenvalue weighted by atomic mass is 32.2. The van der Waals surface area contributed by atoms with Gasteiger partial charge in [0.25, 0.3) is 0 Å². The summed E-state index contributed by atoms with van der Waals surface area (Å²) in [6.45, 7) is 5.27. The lowest BCUT2D eigenvalue weighted by Gasteiger charge is -2.53. The van der Waals surface area contributed by atoms with Gasteiger partial charge in [0.1, 0.15) is 35.7 Å². The number of nitrogens with zero attached hydrogens (tertiary/aromatic N) is 2. The number of esters is 2. The average molecular weight is 788 g/mol. The number of methoxy groups -OCH3 is 2. The number of thioether (sulfide) groups is 1. The van der Waals surface area contributed by atoms with Crippen molar-refractivity contribution in [2.24, 2.45) is 0 Å². The van der Waals surface area contributed by atoms with E-state index in [1.807, 2.05) is 62.0 Å². The van der Waals surface area contributed by atoms with E-state index in [1.54, 1.807) is 7.11 Å². The minimum absolute atomic E-state index is 0.00490. The highest BCUT2D eigenvalue weighted by Crippen LogP contribution is 2.63. The molecule has 56 heavy (non-hydrogen) atoms. The lowest BCUT2D eigenvalue weighted by molar-refractivity contribution is -0.159.